The summed E-state index contributed by atoms with van der Waals surface area (Å²) in [6.45, 7) is 3.46. The summed E-state index contributed by atoms with van der Waals surface area (Å²) in [7, 11) is 1.82. The fourth-order valence-corrected chi connectivity index (χ4v) is 1.88. The molecule has 82 valence electrons. The van der Waals surface area contributed by atoms with Crippen LogP contribution in [-0.2, 0) is 7.05 Å². The molecule has 1 aliphatic heterocycles. The summed E-state index contributed by atoms with van der Waals surface area (Å²) >= 11 is 0. The van der Waals surface area contributed by atoms with Crippen molar-refractivity contribution in [3.05, 3.63) is 18.2 Å². The van der Waals surface area contributed by atoms with Gasteiger partial charge in [0.25, 0.3) is 5.91 Å². The van der Waals surface area contributed by atoms with Gasteiger partial charge < -0.3 is 15.2 Å². The minimum atomic E-state index is 0.0230. The standard InChI is InChI=1S/C10H16N4O/c1-7-4-14(5-8(7)11)10(15)9-3-12-6-13(9)2/h3,6-8H,4-5,11H2,1-2H3. The number of rotatable bonds is 1. The maximum absolute atomic E-state index is 12.0. The van der Waals surface area contributed by atoms with Crippen molar-refractivity contribution >= 4 is 5.91 Å². The zero-order chi connectivity index (χ0) is 11.0. The van der Waals surface area contributed by atoms with Crippen molar-refractivity contribution < 1.29 is 4.79 Å². The molecule has 2 N–H and O–H groups in total. The van der Waals surface area contributed by atoms with Gasteiger partial charge in [-0.3, -0.25) is 4.79 Å². The number of carbonyl (C=O) groups excluding carboxylic acids is 1. The van der Waals surface area contributed by atoms with Crippen molar-refractivity contribution in [3.63, 3.8) is 0 Å². The summed E-state index contributed by atoms with van der Waals surface area (Å²) in [5.41, 5.74) is 6.50. The first-order chi connectivity index (χ1) is 7.09. The summed E-state index contributed by atoms with van der Waals surface area (Å²) in [4.78, 5) is 17.8. The van der Waals surface area contributed by atoms with Crippen molar-refractivity contribution in [1.29, 1.82) is 0 Å². The molecular formula is C10H16N4O. The third-order valence-corrected chi connectivity index (χ3v) is 2.99. The Kier molecular flexibility index (Phi) is 2.48. The van der Waals surface area contributed by atoms with E-state index >= 15 is 0 Å². The Bertz CT molecular complexity index is 363. The molecule has 15 heavy (non-hydrogen) atoms. The number of aromatic nitrogens is 2. The maximum Gasteiger partial charge on any atom is 0.272 e. The van der Waals surface area contributed by atoms with Crippen LogP contribution in [0, 0.1) is 5.92 Å². The Hall–Kier alpha value is -1.36. The minimum Gasteiger partial charge on any atom is -0.335 e. The molecule has 2 atom stereocenters. The van der Waals surface area contributed by atoms with Crippen LogP contribution in [0.2, 0.25) is 0 Å². The van der Waals surface area contributed by atoms with E-state index < -0.39 is 0 Å². The predicted octanol–water partition coefficient (Wildman–Crippen LogP) is -0.161. The Labute approximate surface area is 88.9 Å². The highest BCUT2D eigenvalue weighted by Gasteiger charge is 2.31. The molecule has 0 aliphatic carbocycles. The van der Waals surface area contributed by atoms with Gasteiger partial charge in [0, 0.05) is 26.2 Å². The molecule has 2 heterocycles. The monoisotopic (exact) mass is 208 g/mol. The first-order valence-corrected chi connectivity index (χ1v) is 5.10. The van der Waals surface area contributed by atoms with Crippen molar-refractivity contribution in [1.82, 2.24) is 14.5 Å². The van der Waals surface area contributed by atoms with E-state index in [4.69, 9.17) is 5.73 Å². The Morgan fingerprint density at radius 3 is 2.80 bits per heavy atom. The second kappa shape index (κ2) is 3.66. The SMILES string of the molecule is CC1CN(C(=O)c2cncn2C)CC1N. The van der Waals surface area contributed by atoms with Gasteiger partial charge >= 0.3 is 0 Å². The highest BCUT2D eigenvalue weighted by Crippen LogP contribution is 2.16. The first-order valence-electron chi connectivity index (χ1n) is 5.10. The van der Waals surface area contributed by atoms with Gasteiger partial charge in [-0.15, -0.1) is 0 Å². The third kappa shape index (κ3) is 1.74. The average Bonchev–Trinajstić information content (AvgIpc) is 2.74. The lowest BCUT2D eigenvalue weighted by molar-refractivity contribution is 0.0777. The van der Waals surface area contributed by atoms with E-state index in [2.05, 4.69) is 11.9 Å². The lowest BCUT2D eigenvalue weighted by atomic mass is 10.1. The van der Waals surface area contributed by atoms with Gasteiger partial charge in [0.2, 0.25) is 0 Å². The smallest absolute Gasteiger partial charge is 0.272 e. The Balaban J connectivity index is 2.13. The average molecular weight is 208 g/mol. The van der Waals surface area contributed by atoms with Crippen LogP contribution in [0.5, 0.6) is 0 Å². The molecule has 0 spiro atoms. The molecule has 0 radical (unpaired) electrons. The molecule has 1 amide bonds. The fraction of sp³-hybridized carbons (Fsp3) is 0.600. The molecule has 0 saturated carbocycles. The molecule has 1 aromatic rings. The van der Waals surface area contributed by atoms with Crippen LogP contribution in [0.4, 0.5) is 0 Å². The second-order valence-electron chi connectivity index (χ2n) is 4.24. The number of nitrogens with two attached hydrogens (primary N) is 1. The molecule has 1 aromatic heterocycles. The Morgan fingerprint density at radius 2 is 2.33 bits per heavy atom. The van der Waals surface area contributed by atoms with Crippen LogP contribution in [0.25, 0.3) is 0 Å². The summed E-state index contributed by atoms with van der Waals surface area (Å²) in [5, 5.41) is 0. The van der Waals surface area contributed by atoms with Gasteiger partial charge in [-0.05, 0) is 5.92 Å². The quantitative estimate of drug-likeness (QED) is 0.697. The molecule has 0 aromatic carbocycles. The van der Waals surface area contributed by atoms with E-state index in [0.29, 0.717) is 18.2 Å². The van der Waals surface area contributed by atoms with E-state index in [1.54, 1.807) is 22.0 Å². The van der Waals surface area contributed by atoms with Crippen LogP contribution < -0.4 is 5.73 Å². The van der Waals surface area contributed by atoms with Gasteiger partial charge in [-0.25, -0.2) is 4.98 Å². The van der Waals surface area contributed by atoms with E-state index in [1.807, 2.05) is 7.05 Å². The van der Waals surface area contributed by atoms with Gasteiger partial charge in [0.15, 0.2) is 0 Å². The molecular weight excluding hydrogens is 192 g/mol. The summed E-state index contributed by atoms with van der Waals surface area (Å²) in [5.74, 6) is 0.400. The molecule has 2 unspecified atom stereocenters. The van der Waals surface area contributed by atoms with E-state index in [-0.39, 0.29) is 11.9 Å². The number of likely N-dealkylation sites (tertiary alicyclic amines) is 1. The number of amides is 1. The van der Waals surface area contributed by atoms with Crippen molar-refractivity contribution in [2.24, 2.45) is 18.7 Å². The third-order valence-electron chi connectivity index (χ3n) is 2.99. The molecule has 5 nitrogen and oxygen atoms in total. The second-order valence-corrected chi connectivity index (χ2v) is 4.24. The summed E-state index contributed by atoms with van der Waals surface area (Å²) < 4.78 is 1.73. The number of carbonyl (C=O) groups is 1. The van der Waals surface area contributed by atoms with Crippen molar-refractivity contribution in [3.8, 4) is 0 Å². The molecule has 2 rings (SSSR count). The van der Waals surface area contributed by atoms with Crippen LogP contribution >= 0.6 is 0 Å². The van der Waals surface area contributed by atoms with Crippen LogP contribution in [0.3, 0.4) is 0 Å². The number of imidazole rings is 1. The van der Waals surface area contributed by atoms with Crippen molar-refractivity contribution in [2.75, 3.05) is 13.1 Å². The van der Waals surface area contributed by atoms with Gasteiger partial charge in [0.05, 0.1) is 12.5 Å². The van der Waals surface area contributed by atoms with Crippen LogP contribution in [0.1, 0.15) is 17.4 Å². The van der Waals surface area contributed by atoms with Crippen LogP contribution in [0.15, 0.2) is 12.5 Å². The van der Waals surface area contributed by atoms with Crippen molar-refractivity contribution in [2.45, 2.75) is 13.0 Å². The number of hydrogen-bond acceptors (Lipinski definition) is 3. The zero-order valence-electron chi connectivity index (χ0n) is 9.05. The largest absolute Gasteiger partial charge is 0.335 e. The van der Waals surface area contributed by atoms with E-state index in [1.165, 1.54) is 0 Å². The van der Waals surface area contributed by atoms with E-state index in [0.717, 1.165) is 6.54 Å². The summed E-state index contributed by atoms with van der Waals surface area (Å²) in [6.07, 6.45) is 3.23. The number of hydrogen-bond donors (Lipinski definition) is 1. The highest BCUT2D eigenvalue weighted by atomic mass is 16.2. The number of nitrogens with zero attached hydrogens (tertiary/aromatic N) is 3. The zero-order valence-corrected chi connectivity index (χ0v) is 9.05. The topological polar surface area (TPSA) is 64.2 Å². The molecule has 1 fully saturated rings. The first kappa shape index (κ1) is 10.2. The molecule has 1 saturated heterocycles. The van der Waals surface area contributed by atoms with Gasteiger partial charge in [0.1, 0.15) is 5.69 Å². The Morgan fingerprint density at radius 1 is 1.60 bits per heavy atom. The molecule has 0 bridgehead atoms. The molecule has 1 aliphatic rings. The predicted molar refractivity (Wildman–Crippen MR) is 56.3 cm³/mol. The lowest BCUT2D eigenvalue weighted by Crippen LogP contribution is -2.33. The highest BCUT2D eigenvalue weighted by molar-refractivity contribution is 5.92. The normalized spacial score (nSPS) is 25.9. The fourth-order valence-electron chi connectivity index (χ4n) is 1.88. The number of aryl methyl sites for hydroxylation is 1. The van der Waals surface area contributed by atoms with Gasteiger partial charge in [-0.1, -0.05) is 6.92 Å². The maximum atomic E-state index is 12.0. The molecule has 5 heteroatoms. The van der Waals surface area contributed by atoms with Gasteiger partial charge in [-0.2, -0.15) is 0 Å². The minimum absolute atomic E-state index is 0.0230. The summed E-state index contributed by atoms with van der Waals surface area (Å²) in [6, 6.07) is 0.0992. The van der Waals surface area contributed by atoms with E-state index in [9.17, 15) is 4.79 Å². The lowest BCUT2D eigenvalue weighted by Gasteiger charge is -2.15. The van der Waals surface area contributed by atoms with Crippen LogP contribution in [-0.4, -0.2) is 39.5 Å².